The number of nitrogens with zero attached hydrogens (tertiary/aromatic N) is 4. The Balaban J connectivity index is 1.40. The number of fused-ring (bicyclic) bond motifs is 2. The van der Waals surface area contributed by atoms with Gasteiger partial charge in [-0.25, -0.2) is 14.4 Å². The van der Waals surface area contributed by atoms with Gasteiger partial charge in [0.1, 0.15) is 11.5 Å². The molecule has 0 atom stereocenters. The third kappa shape index (κ3) is 4.30. The number of pyridine rings is 2. The lowest BCUT2D eigenvalue weighted by Gasteiger charge is -2.17. The van der Waals surface area contributed by atoms with Crippen LogP contribution in [0.4, 0.5) is 10.1 Å². The number of imidazole rings is 1. The molecular formula is C28H24FN7O2. The molecule has 5 heterocycles. The number of H-pyrrole nitrogens is 2. The molecule has 9 nitrogen and oxygen atoms in total. The zero-order valence-corrected chi connectivity index (χ0v) is 21.0. The molecule has 10 heteroatoms. The lowest BCUT2D eigenvalue weighted by molar-refractivity contribution is -0.117. The molecule has 5 aromatic heterocycles. The summed E-state index contributed by atoms with van der Waals surface area (Å²) in [5, 5.41) is 10.4. The van der Waals surface area contributed by atoms with Gasteiger partial charge >= 0.3 is 0 Å². The highest BCUT2D eigenvalue weighted by Crippen LogP contribution is 2.35. The molecule has 0 fully saturated rings. The lowest BCUT2D eigenvalue weighted by Crippen LogP contribution is -2.19. The third-order valence-electron chi connectivity index (χ3n) is 6.14. The summed E-state index contributed by atoms with van der Waals surface area (Å²) in [6.07, 6.45) is 8.35. The number of carbonyl (C=O) groups is 1. The molecule has 0 aliphatic carbocycles. The maximum Gasteiger partial charge on any atom is 0.224 e. The second-order valence-electron chi connectivity index (χ2n) is 10.3. The number of halogens is 1. The van der Waals surface area contributed by atoms with Crippen LogP contribution in [-0.2, 0) is 4.79 Å². The highest BCUT2D eigenvalue weighted by molar-refractivity contribution is 5.98. The largest absolute Gasteiger partial charge is 0.472 e. The van der Waals surface area contributed by atoms with E-state index in [4.69, 9.17) is 4.42 Å². The summed E-state index contributed by atoms with van der Waals surface area (Å²) in [6, 6.07) is 8.83. The normalized spacial score (nSPS) is 11.9. The van der Waals surface area contributed by atoms with Crippen molar-refractivity contribution in [1.29, 1.82) is 0 Å². The summed E-state index contributed by atoms with van der Waals surface area (Å²) in [5.41, 5.74) is 4.95. The molecule has 6 aromatic rings. The Morgan fingerprint density at radius 2 is 1.97 bits per heavy atom. The van der Waals surface area contributed by atoms with E-state index < -0.39 is 5.82 Å². The molecule has 0 spiro atoms. The molecule has 6 rings (SSSR count). The third-order valence-corrected chi connectivity index (χ3v) is 6.14. The van der Waals surface area contributed by atoms with E-state index in [0.29, 0.717) is 51.4 Å². The number of amides is 1. The van der Waals surface area contributed by atoms with Gasteiger partial charge in [0.05, 0.1) is 40.8 Å². The fraction of sp³-hybridized carbons (Fsp3) is 0.179. The second kappa shape index (κ2) is 8.91. The van der Waals surface area contributed by atoms with Crippen LogP contribution in [0.2, 0.25) is 0 Å². The number of hydrogen-bond acceptors (Lipinski definition) is 6. The van der Waals surface area contributed by atoms with E-state index in [9.17, 15) is 4.79 Å². The molecule has 0 aliphatic rings. The predicted octanol–water partition coefficient (Wildman–Crippen LogP) is 6.34. The van der Waals surface area contributed by atoms with Gasteiger partial charge < -0.3 is 14.7 Å². The maximum absolute atomic E-state index is 16.1. The van der Waals surface area contributed by atoms with Crippen LogP contribution in [-0.4, -0.2) is 36.0 Å². The van der Waals surface area contributed by atoms with Gasteiger partial charge in [0.2, 0.25) is 5.91 Å². The topological polar surface area (TPSA) is 125 Å². The van der Waals surface area contributed by atoms with Gasteiger partial charge in [-0.2, -0.15) is 5.10 Å². The monoisotopic (exact) mass is 509 g/mol. The van der Waals surface area contributed by atoms with E-state index in [1.54, 1.807) is 49.3 Å². The first kappa shape index (κ1) is 23.5. The molecule has 190 valence electrons. The summed E-state index contributed by atoms with van der Waals surface area (Å²) in [5.74, 6) is -0.223. The van der Waals surface area contributed by atoms with Crippen molar-refractivity contribution in [1.82, 2.24) is 30.1 Å². The zero-order valence-electron chi connectivity index (χ0n) is 21.0. The van der Waals surface area contributed by atoms with Crippen molar-refractivity contribution in [2.24, 2.45) is 5.41 Å². The van der Waals surface area contributed by atoms with Gasteiger partial charge in [-0.1, -0.05) is 20.8 Å². The van der Waals surface area contributed by atoms with Crippen LogP contribution >= 0.6 is 0 Å². The number of hydrogen-bond donors (Lipinski definition) is 3. The van der Waals surface area contributed by atoms with Crippen molar-refractivity contribution in [2.75, 3.05) is 5.32 Å². The summed E-state index contributed by atoms with van der Waals surface area (Å²) >= 11 is 0. The summed E-state index contributed by atoms with van der Waals surface area (Å²) < 4.78 is 21.3. The minimum absolute atomic E-state index is 0.127. The Morgan fingerprint density at radius 1 is 1.11 bits per heavy atom. The molecule has 3 N–H and O–H groups in total. The second-order valence-corrected chi connectivity index (χ2v) is 10.3. The van der Waals surface area contributed by atoms with E-state index in [2.05, 4.69) is 35.5 Å². The zero-order chi connectivity index (χ0) is 26.4. The van der Waals surface area contributed by atoms with E-state index in [1.807, 2.05) is 32.9 Å². The molecule has 1 amide bonds. The highest BCUT2D eigenvalue weighted by Gasteiger charge is 2.21. The van der Waals surface area contributed by atoms with Crippen molar-refractivity contribution in [3.8, 4) is 33.8 Å². The van der Waals surface area contributed by atoms with Gasteiger partial charge in [0.15, 0.2) is 11.5 Å². The predicted molar refractivity (Wildman–Crippen MR) is 143 cm³/mol. The Labute approximate surface area is 216 Å². The van der Waals surface area contributed by atoms with Crippen LogP contribution in [0.15, 0.2) is 65.9 Å². The summed E-state index contributed by atoms with van der Waals surface area (Å²) in [7, 11) is 0. The molecule has 1 aromatic carbocycles. The van der Waals surface area contributed by atoms with Crippen molar-refractivity contribution >= 4 is 33.7 Å². The van der Waals surface area contributed by atoms with E-state index in [0.717, 1.165) is 11.1 Å². The maximum atomic E-state index is 16.1. The highest BCUT2D eigenvalue weighted by atomic mass is 19.1. The number of rotatable bonds is 5. The molecular weight excluding hydrogens is 485 g/mol. The summed E-state index contributed by atoms with van der Waals surface area (Å²) in [6.45, 7) is 5.97. The van der Waals surface area contributed by atoms with Gasteiger partial charge in [-0.3, -0.25) is 14.9 Å². The average molecular weight is 510 g/mol. The quantitative estimate of drug-likeness (QED) is 0.249. The summed E-state index contributed by atoms with van der Waals surface area (Å²) in [4.78, 5) is 28.8. The Bertz CT molecular complexity index is 1800. The standard InChI is InChI=1S/C28H24FN7O2/c1-28(2,3)11-21(37)32-17-10-16(12-30-13-17)18-4-5-20-22(23(18)29)25(36-35-20)27-33-24-19(15-7-9-38-14-15)6-8-31-26(24)34-27/h4-10,12-14H,11H2,1-3H3,(H,32,37)(H,35,36)(H,31,33,34). The van der Waals surface area contributed by atoms with E-state index in [-0.39, 0.29) is 16.7 Å². The van der Waals surface area contributed by atoms with Crippen LogP contribution in [0.5, 0.6) is 0 Å². The molecule has 0 saturated carbocycles. The number of aromatic nitrogens is 6. The fourth-order valence-corrected chi connectivity index (χ4v) is 4.49. The van der Waals surface area contributed by atoms with Crippen molar-refractivity contribution in [2.45, 2.75) is 27.2 Å². The first-order valence-corrected chi connectivity index (χ1v) is 12.1. The van der Waals surface area contributed by atoms with Crippen molar-refractivity contribution in [3.05, 3.63) is 67.3 Å². The van der Waals surface area contributed by atoms with E-state index in [1.165, 1.54) is 0 Å². The average Bonchev–Trinajstić information content (AvgIpc) is 3.62. The fourth-order valence-electron chi connectivity index (χ4n) is 4.49. The van der Waals surface area contributed by atoms with E-state index >= 15 is 4.39 Å². The molecule has 0 bridgehead atoms. The first-order valence-electron chi connectivity index (χ1n) is 12.1. The van der Waals surface area contributed by atoms with Gasteiger partial charge in [-0.15, -0.1) is 0 Å². The number of benzene rings is 1. The smallest absolute Gasteiger partial charge is 0.224 e. The molecule has 0 radical (unpaired) electrons. The van der Waals surface area contributed by atoms with Crippen molar-refractivity contribution in [3.63, 3.8) is 0 Å². The lowest BCUT2D eigenvalue weighted by atomic mass is 9.92. The van der Waals surface area contributed by atoms with Crippen LogP contribution in [0.3, 0.4) is 0 Å². The minimum atomic E-state index is -0.477. The van der Waals surface area contributed by atoms with Crippen molar-refractivity contribution < 1.29 is 13.6 Å². The Kier molecular flexibility index (Phi) is 5.52. The number of carbonyl (C=O) groups excluding carboxylic acids is 1. The van der Waals surface area contributed by atoms with Crippen LogP contribution in [0, 0.1) is 11.2 Å². The SMILES string of the molecule is CC(C)(C)CC(=O)Nc1cncc(-c2ccc3[nH]nc(-c4nc5nccc(-c6ccoc6)c5[nH]4)c3c2F)c1. The molecule has 38 heavy (non-hydrogen) atoms. The first-order chi connectivity index (χ1) is 18.3. The van der Waals surface area contributed by atoms with Gasteiger partial charge in [0.25, 0.3) is 0 Å². The Hall–Kier alpha value is -4.86. The van der Waals surface area contributed by atoms with Gasteiger partial charge in [-0.05, 0) is 35.7 Å². The van der Waals surface area contributed by atoms with Gasteiger partial charge in [0, 0.05) is 41.1 Å². The molecule has 0 saturated heterocycles. The Morgan fingerprint density at radius 3 is 2.76 bits per heavy atom. The number of furan rings is 1. The van der Waals surface area contributed by atoms with Crippen LogP contribution in [0.1, 0.15) is 27.2 Å². The molecule has 0 unspecified atom stereocenters. The van der Waals surface area contributed by atoms with Crippen LogP contribution in [0.25, 0.3) is 55.8 Å². The molecule has 0 aliphatic heterocycles. The minimum Gasteiger partial charge on any atom is -0.472 e. The van der Waals surface area contributed by atoms with Crippen LogP contribution < -0.4 is 5.32 Å². The number of aromatic amines is 2. The number of anilines is 1. The number of nitrogens with one attached hydrogen (secondary N) is 3.